The number of benzene rings is 1. The number of halogens is 2. The van der Waals surface area contributed by atoms with Crippen LogP contribution < -0.4 is 10.2 Å². The molecule has 0 aliphatic heterocycles. The number of rotatable bonds is 5. The number of amides is 1. The molecule has 28 heavy (non-hydrogen) atoms. The quantitative estimate of drug-likeness (QED) is 0.478. The van der Waals surface area contributed by atoms with Crippen molar-refractivity contribution < 1.29 is 9.53 Å². The van der Waals surface area contributed by atoms with Crippen molar-refractivity contribution in [1.29, 1.82) is 0 Å². The zero-order valence-corrected chi connectivity index (χ0v) is 18.3. The van der Waals surface area contributed by atoms with Crippen LogP contribution in [0.2, 0.25) is 10.0 Å². The van der Waals surface area contributed by atoms with Gasteiger partial charge in [-0.2, -0.15) is 5.10 Å². The molecule has 4 fully saturated rings. The highest BCUT2D eigenvalue weighted by atomic mass is 35.5. The van der Waals surface area contributed by atoms with E-state index >= 15 is 0 Å². The third-order valence-electron chi connectivity index (χ3n) is 6.80. The van der Waals surface area contributed by atoms with E-state index in [9.17, 15) is 4.79 Å². The fraction of sp³-hybridized carbons (Fsp3) is 0.636. The number of carbonyl (C=O) groups is 1. The number of hydrazone groups is 1. The van der Waals surface area contributed by atoms with Crippen LogP contribution in [0.4, 0.5) is 0 Å². The second-order valence-electron chi connectivity index (χ2n) is 9.86. The fourth-order valence-electron chi connectivity index (χ4n) is 6.92. The van der Waals surface area contributed by atoms with Gasteiger partial charge in [0.05, 0.1) is 28.3 Å². The first-order chi connectivity index (χ1) is 13.2. The Morgan fingerprint density at radius 1 is 1.18 bits per heavy atom. The Balaban J connectivity index is 1.48. The van der Waals surface area contributed by atoms with E-state index in [4.69, 9.17) is 27.9 Å². The molecule has 152 valence electrons. The van der Waals surface area contributed by atoms with Gasteiger partial charge in [0.1, 0.15) is 0 Å². The summed E-state index contributed by atoms with van der Waals surface area (Å²) >= 11 is 12.5. The molecule has 1 aromatic rings. The van der Waals surface area contributed by atoms with Crippen LogP contribution in [0.3, 0.4) is 0 Å². The second kappa shape index (κ2) is 6.91. The van der Waals surface area contributed by atoms with Gasteiger partial charge in [0, 0.05) is 0 Å². The maximum atomic E-state index is 13.1. The maximum Gasteiger partial charge on any atom is 0.246 e. The molecule has 2 unspecified atom stereocenters. The topological polar surface area (TPSA) is 50.7 Å². The number of nitrogens with zero attached hydrogens (tertiary/aromatic N) is 1. The van der Waals surface area contributed by atoms with Crippen molar-refractivity contribution in [3.05, 3.63) is 27.7 Å². The van der Waals surface area contributed by atoms with Crippen molar-refractivity contribution in [1.82, 2.24) is 5.43 Å². The average Bonchev–Trinajstić information content (AvgIpc) is 2.55. The molecule has 0 spiro atoms. The first kappa shape index (κ1) is 20.0. The zero-order valence-electron chi connectivity index (χ0n) is 16.8. The summed E-state index contributed by atoms with van der Waals surface area (Å²) in [5.41, 5.74) is 3.86. The normalized spacial score (nSPS) is 36.1. The van der Waals surface area contributed by atoms with E-state index in [-0.39, 0.29) is 11.3 Å². The van der Waals surface area contributed by atoms with E-state index in [1.165, 1.54) is 19.3 Å². The van der Waals surface area contributed by atoms with Gasteiger partial charge in [-0.05, 0) is 79.9 Å². The Kier molecular flexibility index (Phi) is 4.95. The van der Waals surface area contributed by atoms with Crippen molar-refractivity contribution >= 4 is 35.3 Å². The minimum Gasteiger partial charge on any atom is -0.491 e. The maximum absolute atomic E-state index is 13.1. The Morgan fingerprint density at radius 2 is 1.79 bits per heavy atom. The lowest BCUT2D eigenvalue weighted by Gasteiger charge is -2.64. The highest BCUT2D eigenvalue weighted by Gasteiger charge is 2.62. The van der Waals surface area contributed by atoms with Crippen LogP contribution in [0, 0.1) is 22.2 Å². The van der Waals surface area contributed by atoms with Gasteiger partial charge < -0.3 is 4.74 Å². The number of nitrogens with one attached hydrogen (secondary N) is 1. The average molecular weight is 423 g/mol. The number of ether oxygens (including phenoxy) is 1. The molecule has 4 aliphatic carbocycles. The molecule has 4 nitrogen and oxygen atoms in total. The van der Waals surface area contributed by atoms with Gasteiger partial charge in [0.25, 0.3) is 0 Å². The Hall–Kier alpha value is -1.26. The van der Waals surface area contributed by atoms with Gasteiger partial charge in [-0.1, -0.05) is 37.0 Å². The molecular weight excluding hydrogens is 395 g/mol. The predicted octanol–water partition coefficient (Wildman–Crippen LogP) is 5.84. The Bertz CT molecular complexity index is 797. The summed E-state index contributed by atoms with van der Waals surface area (Å²) in [5, 5.41) is 5.09. The first-order valence-corrected chi connectivity index (χ1v) is 10.9. The molecule has 0 aromatic heterocycles. The summed E-state index contributed by atoms with van der Waals surface area (Å²) in [6.07, 6.45) is 8.34. The Morgan fingerprint density at radius 3 is 2.32 bits per heavy atom. The highest BCUT2D eigenvalue weighted by Crippen LogP contribution is 2.69. The molecule has 4 bridgehead atoms. The summed E-state index contributed by atoms with van der Waals surface area (Å²) in [6, 6.07) is 3.47. The van der Waals surface area contributed by atoms with Crippen LogP contribution >= 0.6 is 23.2 Å². The molecule has 0 heterocycles. The van der Waals surface area contributed by atoms with E-state index in [1.54, 1.807) is 18.3 Å². The molecular formula is C22H28Cl2N2O2. The molecule has 4 aliphatic rings. The molecule has 5 rings (SSSR count). The molecule has 1 amide bonds. The van der Waals surface area contributed by atoms with Crippen LogP contribution in [-0.4, -0.2) is 18.7 Å². The monoisotopic (exact) mass is 422 g/mol. The number of hydrogen-bond acceptors (Lipinski definition) is 3. The number of carbonyl (C=O) groups excluding carboxylic acids is 1. The molecule has 4 saturated carbocycles. The van der Waals surface area contributed by atoms with Gasteiger partial charge in [-0.15, -0.1) is 0 Å². The van der Waals surface area contributed by atoms with Crippen molar-refractivity contribution in [2.45, 2.75) is 59.3 Å². The molecule has 0 radical (unpaired) electrons. The first-order valence-electron chi connectivity index (χ1n) is 10.1. The van der Waals surface area contributed by atoms with Crippen LogP contribution in [0.15, 0.2) is 17.2 Å². The summed E-state index contributed by atoms with van der Waals surface area (Å²) in [7, 11) is 0. The largest absolute Gasteiger partial charge is 0.491 e. The van der Waals surface area contributed by atoms with E-state index in [0.717, 1.165) is 24.8 Å². The van der Waals surface area contributed by atoms with E-state index < -0.39 is 0 Å². The lowest BCUT2D eigenvalue weighted by atomic mass is 9.40. The van der Waals surface area contributed by atoms with Crippen molar-refractivity contribution in [2.24, 2.45) is 27.3 Å². The third kappa shape index (κ3) is 3.54. The van der Waals surface area contributed by atoms with E-state index in [2.05, 4.69) is 24.4 Å². The van der Waals surface area contributed by atoms with Crippen LogP contribution in [0.1, 0.15) is 64.9 Å². The van der Waals surface area contributed by atoms with Crippen molar-refractivity contribution in [3.8, 4) is 5.75 Å². The van der Waals surface area contributed by atoms with Crippen LogP contribution in [0.5, 0.6) is 5.75 Å². The molecule has 2 atom stereocenters. The van der Waals surface area contributed by atoms with Gasteiger partial charge >= 0.3 is 0 Å². The minimum absolute atomic E-state index is 0.0634. The van der Waals surface area contributed by atoms with Gasteiger partial charge in [0.15, 0.2) is 5.75 Å². The SMILES string of the molecule is CCOc1c(Cl)cc(/C=N/NC(=O)C23CC4CC(C)(CC(C)(C4)C2)C3)cc1Cl. The van der Waals surface area contributed by atoms with E-state index in [1.807, 2.05) is 6.92 Å². The number of hydrogen-bond donors (Lipinski definition) is 1. The molecule has 0 saturated heterocycles. The molecule has 1 aromatic carbocycles. The lowest BCUT2D eigenvalue weighted by molar-refractivity contribution is -0.170. The fourth-order valence-corrected chi connectivity index (χ4v) is 7.53. The second-order valence-corrected chi connectivity index (χ2v) is 10.7. The lowest BCUT2D eigenvalue weighted by Crippen LogP contribution is -2.59. The summed E-state index contributed by atoms with van der Waals surface area (Å²) in [6.45, 7) is 7.10. The summed E-state index contributed by atoms with van der Waals surface area (Å²) < 4.78 is 5.44. The van der Waals surface area contributed by atoms with Crippen LogP contribution in [0.25, 0.3) is 0 Å². The molecule has 1 N–H and O–H groups in total. The minimum atomic E-state index is -0.269. The van der Waals surface area contributed by atoms with Crippen LogP contribution in [-0.2, 0) is 4.79 Å². The van der Waals surface area contributed by atoms with Crippen molar-refractivity contribution in [3.63, 3.8) is 0 Å². The summed E-state index contributed by atoms with van der Waals surface area (Å²) in [5.74, 6) is 1.21. The van der Waals surface area contributed by atoms with Gasteiger partial charge in [0.2, 0.25) is 5.91 Å². The van der Waals surface area contributed by atoms with Crippen molar-refractivity contribution in [2.75, 3.05) is 6.61 Å². The smallest absolute Gasteiger partial charge is 0.246 e. The van der Waals surface area contributed by atoms with E-state index in [0.29, 0.717) is 39.1 Å². The predicted molar refractivity (Wildman–Crippen MR) is 113 cm³/mol. The standard InChI is InChI=1S/C22H28Cl2N2O2/c1-4-28-18-16(23)5-14(6-17(18)24)10-25-26-19(27)22-9-15-7-20(2,12-22)11-21(3,8-15)13-22/h5-6,10,15H,4,7-9,11-13H2,1-3H3,(H,26,27)/b25-10+. The van der Waals surface area contributed by atoms with Gasteiger partial charge in [-0.3, -0.25) is 4.79 Å². The Labute approximate surface area is 177 Å². The van der Waals surface area contributed by atoms with Gasteiger partial charge in [-0.25, -0.2) is 5.43 Å². The third-order valence-corrected chi connectivity index (χ3v) is 7.36. The zero-order chi connectivity index (χ0) is 20.2. The highest BCUT2D eigenvalue weighted by molar-refractivity contribution is 6.37. The summed E-state index contributed by atoms with van der Waals surface area (Å²) in [4.78, 5) is 13.1. The molecule has 6 heteroatoms.